The molecule has 0 saturated carbocycles. The Bertz CT molecular complexity index is 619. The molecule has 0 unspecified atom stereocenters. The van der Waals surface area contributed by atoms with E-state index in [2.05, 4.69) is 27.9 Å². The fourth-order valence-electron chi connectivity index (χ4n) is 1.46. The second kappa shape index (κ2) is 6.90. The molecule has 0 atom stereocenters. The molecule has 104 valence electrons. The number of amides is 1. The van der Waals surface area contributed by atoms with Gasteiger partial charge in [-0.2, -0.15) is 0 Å². The molecular weight excluding hydrogens is 396 g/mol. The van der Waals surface area contributed by atoms with Crippen LogP contribution in [0.2, 0.25) is 5.02 Å². The van der Waals surface area contributed by atoms with E-state index in [0.29, 0.717) is 10.8 Å². The van der Waals surface area contributed by atoms with Crippen LogP contribution in [0.5, 0.6) is 5.75 Å². The first kappa shape index (κ1) is 15.1. The molecule has 3 nitrogen and oxygen atoms in total. The summed E-state index contributed by atoms with van der Waals surface area (Å²) in [7, 11) is 0. The Morgan fingerprint density at radius 3 is 2.65 bits per heavy atom. The summed E-state index contributed by atoms with van der Waals surface area (Å²) in [6, 6.07) is 11.2. The summed E-state index contributed by atoms with van der Waals surface area (Å²) < 4.78 is 19.8. The molecule has 0 radical (unpaired) electrons. The van der Waals surface area contributed by atoms with E-state index < -0.39 is 11.7 Å². The number of hydrogen-bond donors (Lipinski definition) is 1. The number of benzene rings is 2. The van der Waals surface area contributed by atoms with E-state index in [-0.39, 0.29) is 12.3 Å². The molecule has 6 heteroatoms. The van der Waals surface area contributed by atoms with Crippen LogP contribution >= 0.6 is 34.2 Å². The molecule has 1 amide bonds. The highest BCUT2D eigenvalue weighted by atomic mass is 127. The van der Waals surface area contributed by atoms with Gasteiger partial charge in [-0.05, 0) is 65.1 Å². The molecule has 0 aromatic heterocycles. The standard InChI is InChI=1S/C14H10ClFINO2/c15-9-1-6-12(16)13(7-9)18-14(19)8-20-11-4-2-10(17)3-5-11/h1-7H,8H2,(H,18,19). The summed E-state index contributed by atoms with van der Waals surface area (Å²) in [5, 5.41) is 2.76. The van der Waals surface area contributed by atoms with Crippen LogP contribution in [-0.2, 0) is 4.79 Å². The normalized spacial score (nSPS) is 10.2. The number of carbonyl (C=O) groups excluding carboxylic acids is 1. The van der Waals surface area contributed by atoms with Gasteiger partial charge in [-0.1, -0.05) is 11.6 Å². The van der Waals surface area contributed by atoms with Crippen molar-refractivity contribution >= 4 is 45.8 Å². The summed E-state index contributed by atoms with van der Waals surface area (Å²) in [6.45, 7) is -0.202. The summed E-state index contributed by atoms with van der Waals surface area (Å²) in [5.41, 5.74) is 0.0358. The summed E-state index contributed by atoms with van der Waals surface area (Å²) >= 11 is 7.91. The highest BCUT2D eigenvalue weighted by Crippen LogP contribution is 2.19. The molecule has 2 rings (SSSR count). The third-order valence-corrected chi connectivity index (χ3v) is 3.34. The zero-order chi connectivity index (χ0) is 14.5. The van der Waals surface area contributed by atoms with Crippen LogP contribution in [0.25, 0.3) is 0 Å². The lowest BCUT2D eigenvalue weighted by molar-refractivity contribution is -0.118. The first-order valence-corrected chi connectivity index (χ1v) is 7.13. The predicted molar refractivity (Wildman–Crippen MR) is 84.7 cm³/mol. The first-order valence-electron chi connectivity index (χ1n) is 5.68. The Morgan fingerprint density at radius 1 is 1.25 bits per heavy atom. The number of rotatable bonds is 4. The Hall–Kier alpha value is -1.34. The van der Waals surface area contributed by atoms with Crippen molar-refractivity contribution < 1.29 is 13.9 Å². The van der Waals surface area contributed by atoms with Gasteiger partial charge in [0.1, 0.15) is 11.6 Å². The number of carbonyl (C=O) groups is 1. The minimum atomic E-state index is -0.544. The molecular formula is C14H10ClFINO2. The van der Waals surface area contributed by atoms with Gasteiger partial charge in [0.15, 0.2) is 6.61 Å². The van der Waals surface area contributed by atoms with E-state index in [1.165, 1.54) is 18.2 Å². The molecule has 0 heterocycles. The smallest absolute Gasteiger partial charge is 0.262 e. The Labute approximate surface area is 134 Å². The average Bonchev–Trinajstić information content (AvgIpc) is 2.42. The molecule has 0 aliphatic rings. The van der Waals surface area contributed by atoms with Gasteiger partial charge >= 0.3 is 0 Å². The van der Waals surface area contributed by atoms with Gasteiger partial charge in [0, 0.05) is 8.59 Å². The highest BCUT2D eigenvalue weighted by molar-refractivity contribution is 14.1. The number of nitrogens with one attached hydrogen (secondary N) is 1. The lowest BCUT2D eigenvalue weighted by atomic mass is 10.3. The van der Waals surface area contributed by atoms with E-state index in [1.807, 2.05) is 12.1 Å². The lowest BCUT2D eigenvalue weighted by Gasteiger charge is -2.08. The third kappa shape index (κ3) is 4.35. The van der Waals surface area contributed by atoms with Crippen molar-refractivity contribution in [3.05, 3.63) is 56.9 Å². The fraction of sp³-hybridized carbons (Fsp3) is 0.0714. The van der Waals surface area contributed by atoms with Gasteiger partial charge in [0.05, 0.1) is 5.69 Å². The van der Waals surface area contributed by atoms with E-state index in [4.69, 9.17) is 16.3 Å². The topological polar surface area (TPSA) is 38.3 Å². The molecule has 0 fully saturated rings. The Balaban J connectivity index is 1.92. The molecule has 1 N–H and O–H groups in total. The molecule has 0 aliphatic heterocycles. The van der Waals surface area contributed by atoms with Crippen molar-refractivity contribution in [3.63, 3.8) is 0 Å². The van der Waals surface area contributed by atoms with E-state index in [9.17, 15) is 9.18 Å². The van der Waals surface area contributed by atoms with Gasteiger partial charge in [-0.3, -0.25) is 4.79 Å². The molecule has 0 bridgehead atoms. The van der Waals surface area contributed by atoms with Crippen LogP contribution in [-0.4, -0.2) is 12.5 Å². The second-order valence-electron chi connectivity index (χ2n) is 3.91. The molecule has 2 aromatic rings. The van der Waals surface area contributed by atoms with Gasteiger partial charge in [-0.25, -0.2) is 4.39 Å². The van der Waals surface area contributed by atoms with Gasteiger partial charge in [-0.15, -0.1) is 0 Å². The average molecular weight is 406 g/mol. The van der Waals surface area contributed by atoms with Gasteiger partial charge < -0.3 is 10.1 Å². The van der Waals surface area contributed by atoms with Crippen molar-refractivity contribution in [2.24, 2.45) is 0 Å². The molecule has 20 heavy (non-hydrogen) atoms. The zero-order valence-corrected chi connectivity index (χ0v) is 13.1. The minimum Gasteiger partial charge on any atom is -0.484 e. The molecule has 0 aliphatic carbocycles. The van der Waals surface area contributed by atoms with E-state index >= 15 is 0 Å². The number of halogens is 3. The Kier molecular flexibility index (Phi) is 5.19. The van der Waals surface area contributed by atoms with Crippen molar-refractivity contribution in [3.8, 4) is 5.75 Å². The number of hydrogen-bond acceptors (Lipinski definition) is 2. The monoisotopic (exact) mass is 405 g/mol. The maximum atomic E-state index is 13.4. The summed E-state index contributed by atoms with van der Waals surface area (Å²) in [6.07, 6.45) is 0. The van der Waals surface area contributed by atoms with Crippen LogP contribution in [0.1, 0.15) is 0 Å². The summed E-state index contributed by atoms with van der Waals surface area (Å²) in [4.78, 5) is 11.7. The van der Waals surface area contributed by atoms with Crippen molar-refractivity contribution in [1.29, 1.82) is 0 Å². The van der Waals surface area contributed by atoms with Crippen LogP contribution < -0.4 is 10.1 Å². The molecule has 0 spiro atoms. The lowest BCUT2D eigenvalue weighted by Crippen LogP contribution is -2.20. The first-order chi connectivity index (χ1) is 9.54. The minimum absolute atomic E-state index is 0.0358. The van der Waals surface area contributed by atoms with Crippen LogP contribution in [0.3, 0.4) is 0 Å². The number of ether oxygens (including phenoxy) is 1. The fourth-order valence-corrected chi connectivity index (χ4v) is 1.99. The Morgan fingerprint density at radius 2 is 1.95 bits per heavy atom. The molecule has 2 aromatic carbocycles. The van der Waals surface area contributed by atoms with Crippen molar-refractivity contribution in [2.45, 2.75) is 0 Å². The maximum absolute atomic E-state index is 13.4. The zero-order valence-electron chi connectivity index (χ0n) is 10.2. The SMILES string of the molecule is O=C(COc1ccc(I)cc1)Nc1cc(Cl)ccc1F. The van der Waals surface area contributed by atoms with Crippen molar-refractivity contribution in [1.82, 2.24) is 0 Å². The van der Waals surface area contributed by atoms with E-state index in [0.717, 1.165) is 3.57 Å². The second-order valence-corrected chi connectivity index (χ2v) is 5.60. The van der Waals surface area contributed by atoms with Gasteiger partial charge in [0.2, 0.25) is 0 Å². The quantitative estimate of drug-likeness (QED) is 0.778. The molecule has 0 saturated heterocycles. The van der Waals surface area contributed by atoms with Gasteiger partial charge in [0.25, 0.3) is 5.91 Å². The maximum Gasteiger partial charge on any atom is 0.262 e. The van der Waals surface area contributed by atoms with Crippen LogP contribution in [0.4, 0.5) is 10.1 Å². The summed E-state index contributed by atoms with van der Waals surface area (Å²) in [5.74, 6) is -0.422. The van der Waals surface area contributed by atoms with Crippen LogP contribution in [0.15, 0.2) is 42.5 Å². The largest absolute Gasteiger partial charge is 0.484 e. The van der Waals surface area contributed by atoms with Crippen molar-refractivity contribution in [2.75, 3.05) is 11.9 Å². The third-order valence-electron chi connectivity index (χ3n) is 2.39. The highest BCUT2D eigenvalue weighted by Gasteiger charge is 2.08. The predicted octanol–water partition coefficient (Wildman–Crippen LogP) is 4.10. The van der Waals surface area contributed by atoms with Crippen LogP contribution in [0, 0.1) is 9.39 Å². The number of anilines is 1. The van der Waals surface area contributed by atoms with E-state index in [1.54, 1.807) is 12.1 Å².